The van der Waals surface area contributed by atoms with Gasteiger partial charge in [0, 0.05) is 19.3 Å². The van der Waals surface area contributed by atoms with E-state index >= 15 is 0 Å². The molecule has 0 amide bonds. The van der Waals surface area contributed by atoms with Crippen LogP contribution in [-0.2, 0) is 28.6 Å². The number of allylic oxidation sites excluding steroid dienone is 12. The van der Waals surface area contributed by atoms with Crippen LogP contribution in [0.15, 0.2) is 72.9 Å². The van der Waals surface area contributed by atoms with E-state index in [2.05, 4.69) is 93.7 Å². The van der Waals surface area contributed by atoms with Crippen LogP contribution in [0.25, 0.3) is 0 Å². The van der Waals surface area contributed by atoms with E-state index in [1.165, 1.54) is 244 Å². The van der Waals surface area contributed by atoms with Gasteiger partial charge in [0.1, 0.15) is 13.2 Å². The molecule has 6 nitrogen and oxygen atoms in total. The van der Waals surface area contributed by atoms with Crippen LogP contribution in [0.5, 0.6) is 0 Å². The van der Waals surface area contributed by atoms with E-state index in [0.717, 1.165) is 96.3 Å². The molecule has 482 valence electrons. The largest absolute Gasteiger partial charge is 0.462 e. The molecule has 0 fully saturated rings. The summed E-state index contributed by atoms with van der Waals surface area (Å²) in [5, 5.41) is 0. The van der Waals surface area contributed by atoms with Crippen molar-refractivity contribution in [3.63, 3.8) is 0 Å². The lowest BCUT2D eigenvalue weighted by Gasteiger charge is -2.18. The highest BCUT2D eigenvalue weighted by Crippen LogP contribution is 2.17. The molecule has 0 aromatic carbocycles. The van der Waals surface area contributed by atoms with E-state index in [1.54, 1.807) is 0 Å². The molecular formula is C77H138O6. The highest BCUT2D eigenvalue weighted by atomic mass is 16.6. The maximum Gasteiger partial charge on any atom is 0.306 e. The minimum absolute atomic E-state index is 0.0808. The second-order valence-electron chi connectivity index (χ2n) is 24.5. The zero-order valence-electron chi connectivity index (χ0n) is 55.5. The molecule has 0 rings (SSSR count). The summed E-state index contributed by atoms with van der Waals surface area (Å²) in [7, 11) is 0. The Hall–Kier alpha value is -3.15. The number of carbonyl (C=O) groups is 3. The molecule has 0 spiro atoms. The van der Waals surface area contributed by atoms with Crippen LogP contribution >= 0.6 is 0 Å². The van der Waals surface area contributed by atoms with Crippen LogP contribution in [0, 0.1) is 0 Å². The highest BCUT2D eigenvalue weighted by Gasteiger charge is 2.19. The van der Waals surface area contributed by atoms with Gasteiger partial charge < -0.3 is 14.2 Å². The lowest BCUT2D eigenvalue weighted by Crippen LogP contribution is -2.30. The predicted octanol–water partition coefficient (Wildman–Crippen LogP) is 25.2. The minimum atomic E-state index is -0.788. The molecule has 1 atom stereocenters. The molecule has 0 aromatic rings. The summed E-state index contributed by atoms with van der Waals surface area (Å²) < 4.78 is 17.0. The quantitative estimate of drug-likeness (QED) is 0.0261. The predicted molar refractivity (Wildman–Crippen MR) is 362 cm³/mol. The van der Waals surface area contributed by atoms with Crippen molar-refractivity contribution in [3.8, 4) is 0 Å². The molecule has 0 saturated carbocycles. The maximum absolute atomic E-state index is 13.0. The Balaban J connectivity index is 4.33. The molecule has 0 heterocycles. The van der Waals surface area contributed by atoms with Gasteiger partial charge in [-0.2, -0.15) is 0 Å². The first-order valence-electron chi connectivity index (χ1n) is 36.4. The van der Waals surface area contributed by atoms with Crippen molar-refractivity contribution < 1.29 is 28.6 Å². The van der Waals surface area contributed by atoms with E-state index in [9.17, 15) is 14.4 Å². The second-order valence-corrected chi connectivity index (χ2v) is 24.5. The van der Waals surface area contributed by atoms with E-state index in [4.69, 9.17) is 14.2 Å². The molecule has 0 radical (unpaired) electrons. The first-order valence-corrected chi connectivity index (χ1v) is 36.4. The Kier molecular flexibility index (Phi) is 68.6. The maximum atomic E-state index is 13.0. The van der Waals surface area contributed by atoms with Crippen LogP contribution in [0.2, 0.25) is 0 Å². The van der Waals surface area contributed by atoms with Gasteiger partial charge in [-0.05, 0) is 116 Å². The second kappa shape index (κ2) is 71.3. The Labute approximate surface area is 516 Å². The third kappa shape index (κ3) is 69.5. The van der Waals surface area contributed by atoms with Crippen LogP contribution in [-0.4, -0.2) is 37.2 Å². The number of esters is 3. The zero-order chi connectivity index (χ0) is 59.9. The molecule has 0 aromatic heterocycles. The van der Waals surface area contributed by atoms with Gasteiger partial charge in [-0.3, -0.25) is 14.4 Å². The van der Waals surface area contributed by atoms with Crippen molar-refractivity contribution >= 4 is 17.9 Å². The molecule has 0 aliphatic rings. The van der Waals surface area contributed by atoms with Gasteiger partial charge in [-0.1, -0.05) is 318 Å². The molecule has 83 heavy (non-hydrogen) atoms. The summed E-state index contributed by atoms with van der Waals surface area (Å²) >= 11 is 0. The third-order valence-electron chi connectivity index (χ3n) is 16.2. The number of carbonyl (C=O) groups excluding carboxylic acids is 3. The standard InChI is InChI=1S/C77H138O6/c1-4-7-10-13-16-19-22-25-28-31-33-35-36-37-38-39-40-42-43-46-49-52-55-58-61-64-67-70-76(79)82-73-74(72-81-75(78)69-66-63-60-57-54-51-48-45-30-27-24-21-18-15-12-9-6-3)83-77(80)71-68-65-62-59-56-53-50-47-44-41-34-32-29-26-23-20-17-14-11-8-5-2/h18,21,23,26-27,30-34,44,47,74H,4-17,19-20,22,24-25,28-29,35-43,45-46,48-73H2,1-3H3/b21-18-,26-23-,30-27-,33-31-,34-32-,47-44-. The molecule has 0 bridgehead atoms. The average Bonchev–Trinajstić information content (AvgIpc) is 3.50. The fourth-order valence-electron chi connectivity index (χ4n) is 10.7. The number of ether oxygens (including phenoxy) is 3. The van der Waals surface area contributed by atoms with Crippen molar-refractivity contribution in [2.24, 2.45) is 0 Å². The van der Waals surface area contributed by atoms with Crippen LogP contribution < -0.4 is 0 Å². The first-order chi connectivity index (χ1) is 41.0. The van der Waals surface area contributed by atoms with Crippen molar-refractivity contribution in [2.75, 3.05) is 13.2 Å². The fraction of sp³-hybridized carbons (Fsp3) is 0.805. The minimum Gasteiger partial charge on any atom is -0.462 e. The van der Waals surface area contributed by atoms with Crippen molar-refractivity contribution in [3.05, 3.63) is 72.9 Å². The Bertz CT molecular complexity index is 1520. The number of hydrogen-bond acceptors (Lipinski definition) is 6. The number of unbranched alkanes of at least 4 members (excludes halogenated alkanes) is 44. The summed E-state index contributed by atoms with van der Waals surface area (Å²) in [5.74, 6) is -0.880. The summed E-state index contributed by atoms with van der Waals surface area (Å²) in [6, 6.07) is 0. The first kappa shape index (κ1) is 79.8. The monoisotopic (exact) mass is 1160 g/mol. The summed E-state index contributed by atoms with van der Waals surface area (Å²) in [4.78, 5) is 38.5. The molecule has 0 saturated heterocycles. The molecule has 6 heteroatoms. The van der Waals surface area contributed by atoms with Crippen LogP contribution in [0.1, 0.15) is 380 Å². The summed E-state index contributed by atoms with van der Waals surface area (Å²) in [5.41, 5.74) is 0. The molecular weight excluding hydrogens is 1020 g/mol. The van der Waals surface area contributed by atoms with Gasteiger partial charge >= 0.3 is 17.9 Å². The highest BCUT2D eigenvalue weighted by molar-refractivity contribution is 5.71. The van der Waals surface area contributed by atoms with Gasteiger partial charge in [0.15, 0.2) is 6.10 Å². The van der Waals surface area contributed by atoms with Crippen LogP contribution in [0.4, 0.5) is 0 Å². The zero-order valence-corrected chi connectivity index (χ0v) is 55.5. The fourth-order valence-corrected chi connectivity index (χ4v) is 10.7. The van der Waals surface area contributed by atoms with E-state index in [0.29, 0.717) is 19.3 Å². The van der Waals surface area contributed by atoms with Crippen molar-refractivity contribution in [1.29, 1.82) is 0 Å². The molecule has 0 N–H and O–H groups in total. The SMILES string of the molecule is CCCCC/C=C\C/C=C\CCCCCCCCCC(=O)OCC(COC(=O)CCCCCCCCCCCCCCCCC/C=C\CCCCCCCCCC)OC(=O)CCCCCCCC/C=C\C/C=C\C/C=C\CCCCCCC. The smallest absolute Gasteiger partial charge is 0.306 e. The van der Waals surface area contributed by atoms with Gasteiger partial charge in [-0.15, -0.1) is 0 Å². The molecule has 1 unspecified atom stereocenters. The van der Waals surface area contributed by atoms with Gasteiger partial charge in [0.25, 0.3) is 0 Å². The Morgan fingerprint density at radius 3 is 0.711 bits per heavy atom. The van der Waals surface area contributed by atoms with E-state index in [1.807, 2.05) is 0 Å². The van der Waals surface area contributed by atoms with Crippen molar-refractivity contribution in [2.45, 2.75) is 386 Å². The normalized spacial score (nSPS) is 12.5. The lowest BCUT2D eigenvalue weighted by atomic mass is 10.0. The molecule has 0 aliphatic heterocycles. The van der Waals surface area contributed by atoms with Crippen molar-refractivity contribution in [1.82, 2.24) is 0 Å². The van der Waals surface area contributed by atoms with Gasteiger partial charge in [0.2, 0.25) is 0 Å². The van der Waals surface area contributed by atoms with E-state index in [-0.39, 0.29) is 31.1 Å². The van der Waals surface area contributed by atoms with Crippen LogP contribution in [0.3, 0.4) is 0 Å². The number of rotatable bonds is 67. The summed E-state index contributed by atoms with van der Waals surface area (Å²) in [6.45, 7) is 6.64. The Morgan fingerprint density at radius 1 is 0.241 bits per heavy atom. The average molecular weight is 1160 g/mol. The third-order valence-corrected chi connectivity index (χ3v) is 16.2. The summed E-state index contributed by atoms with van der Waals surface area (Å²) in [6.07, 6.45) is 93.6. The topological polar surface area (TPSA) is 78.9 Å². The van der Waals surface area contributed by atoms with E-state index < -0.39 is 6.10 Å². The number of hydrogen-bond donors (Lipinski definition) is 0. The lowest BCUT2D eigenvalue weighted by molar-refractivity contribution is -0.167. The van der Waals surface area contributed by atoms with Gasteiger partial charge in [-0.25, -0.2) is 0 Å². The van der Waals surface area contributed by atoms with Gasteiger partial charge in [0.05, 0.1) is 0 Å². The Morgan fingerprint density at radius 2 is 0.434 bits per heavy atom. The molecule has 0 aliphatic carbocycles.